The van der Waals surface area contributed by atoms with Crippen LogP contribution in [0.2, 0.25) is 0 Å². The Labute approximate surface area is 222 Å². The average molecular weight is 531 g/mol. The Balaban J connectivity index is 1.39. The number of unbranched alkanes of at least 4 members (excludes halogenated alkanes) is 2. The molecule has 38 heavy (non-hydrogen) atoms. The van der Waals surface area contributed by atoms with Crippen molar-refractivity contribution in [1.82, 2.24) is 0 Å². The summed E-state index contributed by atoms with van der Waals surface area (Å²) in [5.74, 6) is 0.0752. The van der Waals surface area contributed by atoms with Crippen LogP contribution in [0.5, 0.6) is 5.75 Å². The van der Waals surface area contributed by atoms with E-state index >= 15 is 0 Å². The summed E-state index contributed by atoms with van der Waals surface area (Å²) in [6, 6.07) is 14.6. The molecule has 204 valence electrons. The van der Waals surface area contributed by atoms with Gasteiger partial charge in [-0.25, -0.2) is 13.2 Å². The highest BCUT2D eigenvalue weighted by Gasteiger charge is 2.35. The van der Waals surface area contributed by atoms with E-state index in [0.717, 1.165) is 24.3 Å². The molecule has 0 aliphatic heterocycles. The van der Waals surface area contributed by atoms with E-state index in [0.29, 0.717) is 11.5 Å². The van der Waals surface area contributed by atoms with Crippen molar-refractivity contribution in [2.45, 2.75) is 83.7 Å². The summed E-state index contributed by atoms with van der Waals surface area (Å²) < 4.78 is 76.0. The van der Waals surface area contributed by atoms with Gasteiger partial charge in [0.2, 0.25) is 0 Å². The van der Waals surface area contributed by atoms with Crippen molar-refractivity contribution in [2.75, 3.05) is 0 Å². The van der Waals surface area contributed by atoms with Gasteiger partial charge in [0.1, 0.15) is 11.6 Å². The molecule has 0 unspecified atom stereocenters. The largest absolute Gasteiger partial charge is 0.429 e. The van der Waals surface area contributed by atoms with Crippen molar-refractivity contribution in [3.8, 4) is 16.9 Å². The highest BCUT2D eigenvalue weighted by molar-refractivity contribution is 5.66. The summed E-state index contributed by atoms with van der Waals surface area (Å²) in [7, 11) is 0. The number of halogens is 5. The first-order valence-electron chi connectivity index (χ1n) is 13.5. The predicted octanol–water partition coefficient (Wildman–Crippen LogP) is 10.7. The zero-order valence-corrected chi connectivity index (χ0v) is 22.0. The molecular weight excluding hydrogens is 495 g/mol. The Morgan fingerprint density at radius 3 is 2.13 bits per heavy atom. The second-order valence-corrected chi connectivity index (χ2v) is 10.4. The second kappa shape index (κ2) is 12.3. The van der Waals surface area contributed by atoms with E-state index in [4.69, 9.17) is 4.74 Å². The Bertz CT molecular complexity index is 1180. The molecule has 6 heteroatoms. The van der Waals surface area contributed by atoms with Crippen molar-refractivity contribution < 1.29 is 26.7 Å². The zero-order valence-electron chi connectivity index (χ0n) is 22.0. The van der Waals surface area contributed by atoms with Crippen molar-refractivity contribution in [3.05, 3.63) is 88.7 Å². The summed E-state index contributed by atoms with van der Waals surface area (Å²) in [5.41, 5.74) is 0.619. The SMILES string of the molecule is CCCCCC1CCC(c2ccc(C(F)(F)Oc3ccc(-c4ccc(C)c(C(F)F)c4F)cc3)cc2)CC1. The van der Waals surface area contributed by atoms with E-state index in [1.54, 1.807) is 12.1 Å². The second-order valence-electron chi connectivity index (χ2n) is 10.4. The first kappa shape index (κ1) is 28.1. The number of hydrogen-bond acceptors (Lipinski definition) is 1. The molecular formula is C32H35F5O. The van der Waals surface area contributed by atoms with Crippen molar-refractivity contribution >= 4 is 0 Å². The monoisotopic (exact) mass is 530 g/mol. The topological polar surface area (TPSA) is 9.23 Å². The van der Waals surface area contributed by atoms with Gasteiger partial charge in [-0.15, -0.1) is 0 Å². The number of alkyl halides is 4. The zero-order chi connectivity index (χ0) is 27.3. The summed E-state index contributed by atoms with van der Waals surface area (Å²) >= 11 is 0. The molecule has 0 heterocycles. The average Bonchev–Trinajstić information content (AvgIpc) is 2.90. The number of rotatable bonds is 10. The van der Waals surface area contributed by atoms with Gasteiger partial charge in [-0.3, -0.25) is 0 Å². The van der Waals surface area contributed by atoms with E-state index in [1.165, 1.54) is 94.0 Å². The molecule has 1 aliphatic rings. The molecule has 1 saturated carbocycles. The Morgan fingerprint density at radius 1 is 0.868 bits per heavy atom. The lowest BCUT2D eigenvalue weighted by molar-refractivity contribution is -0.185. The Hall–Kier alpha value is -2.89. The third-order valence-electron chi connectivity index (χ3n) is 7.81. The van der Waals surface area contributed by atoms with Gasteiger partial charge >= 0.3 is 6.11 Å². The molecule has 1 fully saturated rings. The van der Waals surface area contributed by atoms with Crippen molar-refractivity contribution in [1.29, 1.82) is 0 Å². The van der Waals surface area contributed by atoms with Gasteiger partial charge in [0.05, 0.1) is 11.1 Å². The van der Waals surface area contributed by atoms with Crippen LogP contribution in [0.15, 0.2) is 60.7 Å². The predicted molar refractivity (Wildman–Crippen MR) is 141 cm³/mol. The van der Waals surface area contributed by atoms with Crippen molar-refractivity contribution in [2.24, 2.45) is 5.92 Å². The molecule has 3 aromatic rings. The van der Waals surface area contributed by atoms with Crippen LogP contribution in [0.1, 0.15) is 92.9 Å². The number of aryl methyl sites for hydroxylation is 1. The third-order valence-corrected chi connectivity index (χ3v) is 7.81. The molecule has 0 N–H and O–H groups in total. The van der Waals surface area contributed by atoms with E-state index in [-0.39, 0.29) is 22.4 Å². The fourth-order valence-electron chi connectivity index (χ4n) is 5.51. The highest BCUT2D eigenvalue weighted by atomic mass is 19.3. The standard InChI is InChI=1S/C32H35F5O/c1-3-4-5-6-22-8-10-23(11-9-22)24-12-16-26(17-13-24)32(36,37)38-27-18-14-25(15-19-27)28-20-7-21(2)29(30(28)33)31(34)35/h7,12-20,22-23,31H,3-6,8-11H2,1-2H3. The fourth-order valence-corrected chi connectivity index (χ4v) is 5.51. The summed E-state index contributed by atoms with van der Waals surface area (Å²) in [5, 5.41) is 0. The lowest BCUT2D eigenvalue weighted by Crippen LogP contribution is -2.22. The summed E-state index contributed by atoms with van der Waals surface area (Å²) in [6.45, 7) is 3.63. The Morgan fingerprint density at radius 2 is 1.53 bits per heavy atom. The lowest BCUT2D eigenvalue weighted by atomic mass is 9.77. The summed E-state index contributed by atoms with van der Waals surface area (Å²) in [4.78, 5) is 0. The molecule has 0 atom stereocenters. The minimum Gasteiger partial charge on any atom is -0.429 e. The minimum absolute atomic E-state index is 0.0187. The quantitative estimate of drug-likeness (QED) is 0.187. The van der Waals surface area contributed by atoms with Gasteiger partial charge in [0.25, 0.3) is 6.43 Å². The lowest BCUT2D eigenvalue weighted by Gasteiger charge is -2.29. The van der Waals surface area contributed by atoms with Gasteiger partial charge in [-0.1, -0.05) is 69.0 Å². The normalized spacial score (nSPS) is 18.1. The number of ether oxygens (including phenoxy) is 1. The molecule has 0 bridgehead atoms. The van der Waals surface area contributed by atoms with Gasteiger partial charge in [0.15, 0.2) is 0 Å². The van der Waals surface area contributed by atoms with E-state index in [1.807, 2.05) is 0 Å². The molecule has 0 spiro atoms. The van der Waals surface area contributed by atoms with Crippen LogP contribution in [0.25, 0.3) is 11.1 Å². The van der Waals surface area contributed by atoms with Crippen LogP contribution in [-0.2, 0) is 6.11 Å². The van der Waals surface area contributed by atoms with Crippen LogP contribution >= 0.6 is 0 Å². The van der Waals surface area contributed by atoms with Crippen LogP contribution < -0.4 is 4.74 Å². The fraction of sp³-hybridized carbons (Fsp3) is 0.438. The molecule has 0 amide bonds. The highest BCUT2D eigenvalue weighted by Crippen LogP contribution is 2.39. The maximum atomic E-state index is 14.9. The number of benzene rings is 3. The van der Waals surface area contributed by atoms with Crippen molar-refractivity contribution in [3.63, 3.8) is 0 Å². The molecule has 0 saturated heterocycles. The first-order chi connectivity index (χ1) is 18.2. The molecule has 3 aromatic carbocycles. The van der Waals surface area contributed by atoms with Gasteiger partial charge in [0, 0.05) is 5.56 Å². The van der Waals surface area contributed by atoms with Gasteiger partial charge in [-0.05, 0) is 85.4 Å². The molecule has 4 rings (SSSR count). The minimum atomic E-state index is -3.56. The maximum absolute atomic E-state index is 14.9. The summed E-state index contributed by atoms with van der Waals surface area (Å²) in [6.07, 6.45) is 3.17. The molecule has 0 radical (unpaired) electrons. The van der Waals surface area contributed by atoms with Crippen LogP contribution in [-0.4, -0.2) is 0 Å². The Kier molecular flexibility index (Phi) is 9.11. The van der Waals surface area contributed by atoms with Crippen LogP contribution in [0.4, 0.5) is 22.0 Å². The first-order valence-corrected chi connectivity index (χ1v) is 13.5. The smallest absolute Gasteiger partial charge is 0.426 e. The van der Waals surface area contributed by atoms with Crippen LogP contribution in [0.3, 0.4) is 0 Å². The molecule has 1 aliphatic carbocycles. The van der Waals surface area contributed by atoms with E-state index in [9.17, 15) is 22.0 Å². The number of hydrogen-bond donors (Lipinski definition) is 0. The van der Waals surface area contributed by atoms with E-state index in [2.05, 4.69) is 6.92 Å². The van der Waals surface area contributed by atoms with Gasteiger partial charge < -0.3 is 4.74 Å². The third kappa shape index (κ3) is 6.57. The molecule has 1 nitrogen and oxygen atoms in total. The maximum Gasteiger partial charge on any atom is 0.426 e. The van der Waals surface area contributed by atoms with Crippen LogP contribution in [0, 0.1) is 18.7 Å². The molecule has 0 aromatic heterocycles. The van der Waals surface area contributed by atoms with E-state index < -0.39 is 23.9 Å². The van der Waals surface area contributed by atoms with Gasteiger partial charge in [-0.2, -0.15) is 8.78 Å².